The minimum absolute atomic E-state index is 0.236. The molecule has 0 aliphatic rings. The van der Waals surface area contributed by atoms with Crippen molar-refractivity contribution in [3.05, 3.63) is 52.8 Å². The van der Waals surface area contributed by atoms with Gasteiger partial charge in [-0.25, -0.2) is 4.39 Å². The van der Waals surface area contributed by atoms with Crippen LogP contribution in [0.25, 0.3) is 17.1 Å². The molecule has 106 valence electrons. The third-order valence-electron chi connectivity index (χ3n) is 3.07. The van der Waals surface area contributed by atoms with E-state index in [-0.39, 0.29) is 5.69 Å². The van der Waals surface area contributed by atoms with Crippen LogP contribution in [0, 0.1) is 12.7 Å². The molecule has 0 unspecified atom stereocenters. The van der Waals surface area contributed by atoms with Gasteiger partial charge in [0.15, 0.2) is 5.82 Å². The van der Waals surface area contributed by atoms with Crippen molar-refractivity contribution in [2.24, 2.45) is 0 Å². The van der Waals surface area contributed by atoms with E-state index < -0.39 is 5.82 Å². The minimum Gasteiger partial charge on any atom is -0.398 e. The molecule has 1 heterocycles. The maximum Gasteiger partial charge on any atom is 0.190 e. The summed E-state index contributed by atoms with van der Waals surface area (Å²) in [5, 5.41) is 11.8. The number of hydrogen-bond donors (Lipinski definition) is 1. The van der Waals surface area contributed by atoms with Crippen LogP contribution in [0.2, 0.25) is 5.02 Å². The fraction of sp³-hybridized carbons (Fsp3) is 0.0714. The summed E-state index contributed by atoms with van der Waals surface area (Å²) in [4.78, 5) is 0. The van der Waals surface area contributed by atoms with Crippen molar-refractivity contribution in [3.63, 3.8) is 0 Å². The molecule has 0 fully saturated rings. The number of nitrogens with zero attached hydrogens (tertiary/aromatic N) is 4. The molecule has 0 aliphatic heterocycles. The van der Waals surface area contributed by atoms with E-state index in [1.165, 1.54) is 10.7 Å². The van der Waals surface area contributed by atoms with E-state index >= 15 is 0 Å². The molecule has 5 nitrogen and oxygen atoms in total. The average molecular weight is 304 g/mol. The van der Waals surface area contributed by atoms with Gasteiger partial charge in [-0.05, 0) is 47.2 Å². The van der Waals surface area contributed by atoms with Gasteiger partial charge in [0, 0.05) is 5.69 Å². The molecule has 0 spiro atoms. The summed E-state index contributed by atoms with van der Waals surface area (Å²) in [6.07, 6.45) is 0. The zero-order chi connectivity index (χ0) is 15.0. The molecular formula is C14H11ClFN5. The lowest BCUT2D eigenvalue weighted by Gasteiger charge is -2.09. The van der Waals surface area contributed by atoms with Crippen molar-refractivity contribution < 1.29 is 4.39 Å². The van der Waals surface area contributed by atoms with Crippen LogP contribution in [0.15, 0.2) is 36.4 Å². The summed E-state index contributed by atoms with van der Waals surface area (Å²) in [7, 11) is 0. The Morgan fingerprint density at radius 3 is 2.76 bits per heavy atom. The van der Waals surface area contributed by atoms with Crippen LogP contribution < -0.4 is 5.73 Å². The Morgan fingerprint density at radius 2 is 2.05 bits per heavy atom. The first kappa shape index (κ1) is 13.5. The maximum absolute atomic E-state index is 14.1. The molecule has 7 heteroatoms. The Kier molecular flexibility index (Phi) is 3.31. The minimum atomic E-state index is -0.422. The number of halogens is 2. The Balaban J connectivity index is 2.22. The number of nitrogens with two attached hydrogens (primary N) is 1. The van der Waals surface area contributed by atoms with Crippen LogP contribution in [-0.2, 0) is 0 Å². The average Bonchev–Trinajstić information content (AvgIpc) is 2.87. The standard InChI is InChI=1S/C14H11ClFN5/c1-8-5-6-12(10(16)7-8)21-14(18-19-20-21)13-9(15)3-2-4-11(13)17/h2-7H,17H2,1H3. The van der Waals surface area contributed by atoms with Crippen molar-refractivity contribution in [3.8, 4) is 17.1 Å². The lowest BCUT2D eigenvalue weighted by molar-refractivity contribution is 0.606. The highest BCUT2D eigenvalue weighted by molar-refractivity contribution is 6.33. The van der Waals surface area contributed by atoms with Crippen molar-refractivity contribution in [1.82, 2.24) is 20.2 Å². The van der Waals surface area contributed by atoms with Gasteiger partial charge in [0.1, 0.15) is 11.5 Å². The van der Waals surface area contributed by atoms with Crippen LogP contribution in [0.5, 0.6) is 0 Å². The van der Waals surface area contributed by atoms with Crippen LogP contribution in [0.4, 0.5) is 10.1 Å². The first-order valence-corrected chi connectivity index (χ1v) is 6.55. The van der Waals surface area contributed by atoms with Gasteiger partial charge in [-0.15, -0.1) is 5.10 Å². The molecule has 3 aromatic rings. The second-order valence-electron chi connectivity index (χ2n) is 4.57. The summed E-state index contributed by atoms with van der Waals surface area (Å²) in [6.45, 7) is 1.80. The van der Waals surface area contributed by atoms with E-state index in [9.17, 15) is 4.39 Å². The topological polar surface area (TPSA) is 69.6 Å². The van der Waals surface area contributed by atoms with Gasteiger partial charge in [0.05, 0.1) is 10.6 Å². The highest BCUT2D eigenvalue weighted by atomic mass is 35.5. The molecule has 2 N–H and O–H groups in total. The normalized spacial score (nSPS) is 10.8. The van der Waals surface area contributed by atoms with Gasteiger partial charge >= 0.3 is 0 Å². The number of benzene rings is 2. The molecule has 3 rings (SSSR count). The summed E-state index contributed by atoms with van der Waals surface area (Å²) < 4.78 is 15.4. The molecule has 0 bridgehead atoms. The van der Waals surface area contributed by atoms with Crippen LogP contribution in [-0.4, -0.2) is 20.2 Å². The largest absolute Gasteiger partial charge is 0.398 e. The van der Waals surface area contributed by atoms with Gasteiger partial charge in [-0.2, -0.15) is 4.68 Å². The van der Waals surface area contributed by atoms with Crippen LogP contribution >= 0.6 is 11.6 Å². The Labute approximate surface area is 125 Å². The van der Waals surface area contributed by atoms with Gasteiger partial charge in [-0.3, -0.25) is 0 Å². The van der Waals surface area contributed by atoms with E-state index in [0.29, 0.717) is 22.1 Å². The molecule has 0 saturated carbocycles. The third-order valence-corrected chi connectivity index (χ3v) is 3.39. The van der Waals surface area contributed by atoms with Gasteiger partial charge in [-0.1, -0.05) is 23.7 Å². The summed E-state index contributed by atoms with van der Waals surface area (Å²) >= 11 is 6.16. The predicted molar refractivity (Wildman–Crippen MR) is 78.7 cm³/mol. The molecule has 1 aromatic heterocycles. The summed E-state index contributed by atoms with van der Waals surface area (Å²) in [5.41, 5.74) is 7.88. The molecule has 21 heavy (non-hydrogen) atoms. The van der Waals surface area contributed by atoms with E-state index in [0.717, 1.165) is 5.56 Å². The number of tetrazole rings is 1. The van der Waals surface area contributed by atoms with Crippen molar-refractivity contribution in [1.29, 1.82) is 0 Å². The monoisotopic (exact) mass is 303 g/mol. The lowest BCUT2D eigenvalue weighted by Crippen LogP contribution is -2.04. The number of aromatic nitrogens is 4. The van der Waals surface area contributed by atoms with E-state index in [1.54, 1.807) is 37.3 Å². The van der Waals surface area contributed by atoms with Crippen LogP contribution in [0.1, 0.15) is 5.56 Å². The molecule has 2 aromatic carbocycles. The Bertz CT molecular complexity index is 795. The summed E-state index contributed by atoms with van der Waals surface area (Å²) in [5.74, 6) is -0.130. The first-order valence-electron chi connectivity index (χ1n) is 6.17. The van der Waals surface area contributed by atoms with Crippen molar-refractivity contribution in [2.75, 3.05) is 5.73 Å². The second-order valence-corrected chi connectivity index (χ2v) is 4.98. The van der Waals surface area contributed by atoms with Crippen LogP contribution in [0.3, 0.4) is 0 Å². The number of nitrogen functional groups attached to an aromatic ring is 1. The summed E-state index contributed by atoms with van der Waals surface area (Å²) in [6, 6.07) is 9.89. The highest BCUT2D eigenvalue weighted by Gasteiger charge is 2.18. The SMILES string of the molecule is Cc1ccc(-n2nnnc2-c2c(N)cccc2Cl)c(F)c1. The fourth-order valence-electron chi connectivity index (χ4n) is 2.07. The number of hydrogen-bond acceptors (Lipinski definition) is 4. The Hall–Kier alpha value is -2.47. The number of anilines is 1. The zero-order valence-electron chi connectivity index (χ0n) is 11.1. The molecule has 0 atom stereocenters. The first-order chi connectivity index (χ1) is 10.1. The van der Waals surface area contributed by atoms with Crippen molar-refractivity contribution >= 4 is 17.3 Å². The smallest absolute Gasteiger partial charge is 0.190 e. The van der Waals surface area contributed by atoms with Gasteiger partial charge in [0.2, 0.25) is 0 Å². The fourth-order valence-corrected chi connectivity index (χ4v) is 2.33. The number of rotatable bonds is 2. The quantitative estimate of drug-likeness (QED) is 0.739. The number of aryl methyl sites for hydroxylation is 1. The van der Waals surface area contributed by atoms with E-state index in [2.05, 4.69) is 15.5 Å². The van der Waals surface area contributed by atoms with E-state index in [4.69, 9.17) is 17.3 Å². The molecule has 0 radical (unpaired) electrons. The predicted octanol–water partition coefficient (Wildman–Crippen LogP) is 3.01. The molecule has 0 saturated heterocycles. The van der Waals surface area contributed by atoms with Gasteiger partial charge < -0.3 is 5.73 Å². The second kappa shape index (κ2) is 5.14. The lowest BCUT2D eigenvalue weighted by atomic mass is 10.1. The molecule has 0 aliphatic carbocycles. The maximum atomic E-state index is 14.1. The van der Waals surface area contributed by atoms with E-state index in [1.807, 2.05) is 0 Å². The third kappa shape index (κ3) is 2.34. The van der Waals surface area contributed by atoms with Gasteiger partial charge in [0.25, 0.3) is 0 Å². The zero-order valence-corrected chi connectivity index (χ0v) is 11.8. The Morgan fingerprint density at radius 1 is 1.24 bits per heavy atom. The van der Waals surface area contributed by atoms with Crippen molar-refractivity contribution in [2.45, 2.75) is 6.92 Å². The molecule has 0 amide bonds. The molecular weight excluding hydrogens is 293 g/mol. The highest BCUT2D eigenvalue weighted by Crippen LogP contribution is 2.32.